The van der Waals surface area contributed by atoms with E-state index in [0.29, 0.717) is 13.1 Å². The fourth-order valence-corrected chi connectivity index (χ4v) is 3.63. The van der Waals surface area contributed by atoms with Crippen molar-refractivity contribution in [1.82, 2.24) is 9.80 Å². The van der Waals surface area contributed by atoms with E-state index in [4.69, 9.17) is 5.11 Å². The van der Waals surface area contributed by atoms with Gasteiger partial charge in [-0.2, -0.15) is 13.2 Å². The molecule has 1 aliphatic heterocycles. The molecule has 0 spiro atoms. The summed E-state index contributed by atoms with van der Waals surface area (Å²) in [6.07, 6.45) is -5.91. The molecule has 1 aliphatic rings. The summed E-state index contributed by atoms with van der Waals surface area (Å²) < 4.78 is 41.1. The average Bonchev–Trinajstić information content (AvgIpc) is 2.77. The van der Waals surface area contributed by atoms with E-state index in [1.165, 1.54) is 42.5 Å². The maximum Gasteiger partial charge on any atom is 0.418 e. The molecule has 3 amide bonds. The van der Waals surface area contributed by atoms with Crippen LogP contribution in [0.3, 0.4) is 0 Å². The van der Waals surface area contributed by atoms with Crippen molar-refractivity contribution in [1.29, 1.82) is 0 Å². The van der Waals surface area contributed by atoms with E-state index in [2.05, 4.69) is 15.5 Å². The maximum atomic E-state index is 13.7. The quantitative estimate of drug-likeness (QED) is 0.588. The molecule has 0 saturated carbocycles. The second kappa shape index (κ2) is 10.5. The Hall–Kier alpha value is -3.31. The third kappa shape index (κ3) is 6.59. The number of likely N-dealkylation sites (N-methyl/N-ethyl adjacent to an activating group) is 1. The van der Waals surface area contributed by atoms with Gasteiger partial charge in [0.2, 0.25) is 0 Å². The van der Waals surface area contributed by atoms with E-state index in [0.717, 1.165) is 30.6 Å². The van der Waals surface area contributed by atoms with Gasteiger partial charge in [-0.15, -0.1) is 0 Å². The van der Waals surface area contributed by atoms with Crippen LogP contribution in [0.15, 0.2) is 48.5 Å². The molecule has 178 valence electrons. The number of carbonyl (C=O) groups excluding carboxylic acids is 1. The lowest BCUT2D eigenvalue weighted by molar-refractivity contribution is -0.137. The van der Waals surface area contributed by atoms with Gasteiger partial charge in [-0.25, -0.2) is 9.59 Å². The number of para-hydroxylation sites is 1. The number of carboxylic acid groups (broad SMARTS) is 1. The van der Waals surface area contributed by atoms with Crippen molar-refractivity contribution in [3.05, 3.63) is 54.1 Å². The lowest BCUT2D eigenvalue weighted by atomic mass is 10.1. The highest BCUT2D eigenvalue weighted by atomic mass is 19.4. The first-order valence-corrected chi connectivity index (χ1v) is 10.5. The standard InChI is InChI=1S/C22H26F3N5O3/c1-2-28-10-12-29(13-11-28)15-30(19-9-4-3-8-18(19)22(23,24)25)20(31)26-16-6-5-7-17(14-16)27-21(32)33/h3-9,14,27H,2,10-13,15H2,1H3,(H,26,31)(H,32,33). The Morgan fingerprint density at radius 3 is 2.18 bits per heavy atom. The van der Waals surface area contributed by atoms with Crippen LogP contribution in [-0.4, -0.2) is 66.4 Å². The molecule has 1 saturated heterocycles. The Balaban J connectivity index is 1.87. The number of anilines is 3. The molecule has 0 aromatic heterocycles. The summed E-state index contributed by atoms with van der Waals surface area (Å²) in [6.45, 7) is 5.65. The van der Waals surface area contributed by atoms with E-state index in [9.17, 15) is 22.8 Å². The summed E-state index contributed by atoms with van der Waals surface area (Å²) in [7, 11) is 0. The minimum absolute atomic E-state index is 0.0243. The minimum Gasteiger partial charge on any atom is -0.465 e. The summed E-state index contributed by atoms with van der Waals surface area (Å²) in [5, 5.41) is 13.6. The lowest BCUT2D eigenvalue weighted by Gasteiger charge is -2.37. The first-order chi connectivity index (χ1) is 15.7. The van der Waals surface area contributed by atoms with Gasteiger partial charge in [0.1, 0.15) is 0 Å². The van der Waals surface area contributed by atoms with Gasteiger partial charge in [0.15, 0.2) is 0 Å². The fourth-order valence-electron chi connectivity index (χ4n) is 3.63. The normalized spacial score (nSPS) is 15.2. The predicted octanol–water partition coefficient (Wildman–Crippen LogP) is 4.43. The van der Waals surface area contributed by atoms with Crippen molar-refractivity contribution < 1.29 is 27.9 Å². The molecule has 2 aromatic rings. The van der Waals surface area contributed by atoms with Crippen LogP contribution in [0.1, 0.15) is 12.5 Å². The number of amides is 3. The number of alkyl halides is 3. The molecular weight excluding hydrogens is 439 g/mol. The molecule has 8 nitrogen and oxygen atoms in total. The van der Waals surface area contributed by atoms with Crippen molar-refractivity contribution in [3.8, 4) is 0 Å². The summed E-state index contributed by atoms with van der Waals surface area (Å²) >= 11 is 0. The molecular formula is C22H26F3N5O3. The molecule has 0 bridgehead atoms. The monoisotopic (exact) mass is 465 g/mol. The molecule has 2 aromatic carbocycles. The van der Waals surface area contributed by atoms with Crippen LogP contribution in [-0.2, 0) is 6.18 Å². The zero-order valence-electron chi connectivity index (χ0n) is 18.1. The van der Waals surface area contributed by atoms with Crippen LogP contribution < -0.4 is 15.5 Å². The number of hydrogen-bond donors (Lipinski definition) is 3. The number of benzene rings is 2. The largest absolute Gasteiger partial charge is 0.465 e. The third-order valence-corrected chi connectivity index (χ3v) is 5.36. The molecule has 1 fully saturated rings. The van der Waals surface area contributed by atoms with Crippen LogP contribution in [0.4, 0.5) is 39.8 Å². The van der Waals surface area contributed by atoms with Gasteiger partial charge < -0.3 is 15.3 Å². The van der Waals surface area contributed by atoms with Gasteiger partial charge >= 0.3 is 18.3 Å². The number of rotatable bonds is 6. The molecule has 33 heavy (non-hydrogen) atoms. The van der Waals surface area contributed by atoms with Gasteiger partial charge in [0.25, 0.3) is 0 Å². The van der Waals surface area contributed by atoms with Gasteiger partial charge in [0, 0.05) is 37.6 Å². The number of urea groups is 1. The molecule has 0 radical (unpaired) electrons. The molecule has 3 rings (SSSR count). The molecule has 1 heterocycles. The summed E-state index contributed by atoms with van der Waals surface area (Å²) in [5.41, 5.74) is -0.691. The van der Waals surface area contributed by atoms with Crippen molar-refractivity contribution in [2.75, 3.05) is 54.9 Å². The van der Waals surface area contributed by atoms with Gasteiger partial charge in [-0.3, -0.25) is 15.1 Å². The first-order valence-electron chi connectivity index (χ1n) is 10.5. The Bertz CT molecular complexity index is 978. The first kappa shape index (κ1) is 24.3. The predicted molar refractivity (Wildman–Crippen MR) is 120 cm³/mol. The second-order valence-electron chi connectivity index (χ2n) is 7.58. The summed E-state index contributed by atoms with van der Waals surface area (Å²) in [6, 6.07) is 10.1. The minimum atomic E-state index is -4.64. The smallest absolute Gasteiger partial charge is 0.418 e. The highest BCUT2D eigenvalue weighted by Crippen LogP contribution is 2.37. The van der Waals surface area contributed by atoms with E-state index < -0.39 is 23.9 Å². The SMILES string of the molecule is CCN1CCN(CN(C(=O)Nc2cccc(NC(=O)O)c2)c2ccccc2C(F)(F)F)CC1. The zero-order valence-corrected chi connectivity index (χ0v) is 18.1. The fraction of sp³-hybridized carbons (Fsp3) is 0.364. The van der Waals surface area contributed by atoms with Crippen LogP contribution in [0.2, 0.25) is 0 Å². The van der Waals surface area contributed by atoms with E-state index in [1.807, 2.05) is 11.8 Å². The van der Waals surface area contributed by atoms with E-state index in [1.54, 1.807) is 0 Å². The molecule has 0 atom stereocenters. The van der Waals surface area contributed by atoms with Crippen LogP contribution in [0.5, 0.6) is 0 Å². The Labute approximate surface area is 189 Å². The second-order valence-corrected chi connectivity index (χ2v) is 7.58. The van der Waals surface area contributed by atoms with Crippen molar-refractivity contribution in [2.45, 2.75) is 13.1 Å². The summed E-state index contributed by atoms with van der Waals surface area (Å²) in [4.78, 5) is 29.3. The molecule has 0 aliphatic carbocycles. The highest BCUT2D eigenvalue weighted by molar-refractivity contribution is 6.02. The number of nitrogens with zero attached hydrogens (tertiary/aromatic N) is 3. The molecule has 3 N–H and O–H groups in total. The van der Waals surface area contributed by atoms with Crippen molar-refractivity contribution in [2.24, 2.45) is 0 Å². The number of halogens is 3. The van der Waals surface area contributed by atoms with E-state index in [-0.39, 0.29) is 23.7 Å². The highest BCUT2D eigenvalue weighted by Gasteiger charge is 2.36. The van der Waals surface area contributed by atoms with Gasteiger partial charge in [-0.05, 0) is 36.9 Å². The lowest BCUT2D eigenvalue weighted by Crippen LogP contribution is -2.52. The number of nitrogens with one attached hydrogen (secondary N) is 2. The number of piperazine rings is 1. The Kier molecular flexibility index (Phi) is 7.77. The number of carbonyl (C=O) groups is 2. The van der Waals surface area contributed by atoms with Gasteiger partial charge in [0.05, 0.1) is 17.9 Å². The average molecular weight is 465 g/mol. The summed E-state index contributed by atoms with van der Waals surface area (Å²) in [5.74, 6) is 0. The van der Waals surface area contributed by atoms with Crippen LogP contribution in [0, 0.1) is 0 Å². The third-order valence-electron chi connectivity index (χ3n) is 5.36. The zero-order chi connectivity index (χ0) is 24.0. The molecule has 11 heteroatoms. The molecule has 0 unspecified atom stereocenters. The van der Waals surface area contributed by atoms with Crippen LogP contribution in [0.25, 0.3) is 0 Å². The Morgan fingerprint density at radius 2 is 1.58 bits per heavy atom. The Morgan fingerprint density at radius 1 is 0.970 bits per heavy atom. The van der Waals surface area contributed by atoms with Crippen molar-refractivity contribution in [3.63, 3.8) is 0 Å². The maximum absolute atomic E-state index is 13.7. The van der Waals surface area contributed by atoms with E-state index >= 15 is 0 Å². The van der Waals surface area contributed by atoms with Gasteiger partial charge in [-0.1, -0.05) is 25.1 Å². The van der Waals surface area contributed by atoms with Crippen LogP contribution >= 0.6 is 0 Å². The topological polar surface area (TPSA) is 88.2 Å². The van der Waals surface area contributed by atoms with Crippen molar-refractivity contribution >= 4 is 29.2 Å². The number of hydrogen-bond acceptors (Lipinski definition) is 4.